The Kier molecular flexibility index (Phi) is 6.18. The molecule has 2 aromatic rings. The van der Waals surface area contributed by atoms with Crippen molar-refractivity contribution in [3.63, 3.8) is 0 Å². The number of likely N-dealkylation sites (tertiary alicyclic amines) is 1. The first-order valence-corrected chi connectivity index (χ1v) is 10.1. The minimum absolute atomic E-state index is 0.00923. The van der Waals surface area contributed by atoms with Crippen molar-refractivity contribution in [2.24, 2.45) is 0 Å². The van der Waals surface area contributed by atoms with Crippen LogP contribution in [0.2, 0.25) is 0 Å². The van der Waals surface area contributed by atoms with E-state index >= 15 is 0 Å². The topological polar surface area (TPSA) is 80.8 Å². The lowest BCUT2D eigenvalue weighted by Crippen LogP contribution is -2.42. The molecule has 0 spiro atoms. The van der Waals surface area contributed by atoms with Gasteiger partial charge in [0.05, 0.1) is 19.4 Å². The standard InChI is InChI=1S/C20H25N3O4S/c1-5-27-17-8-14(6-7-16(17)26-4)15-9-18(24)23(10-15)13(3)19(25)22-20-21-12(2)11-28-20/h6-8,11,13,15H,5,9-10H2,1-4H3,(H,21,22,25)/t13-,15-/m1/s1. The van der Waals surface area contributed by atoms with Crippen molar-refractivity contribution in [2.45, 2.75) is 39.2 Å². The molecule has 1 N–H and O–H groups in total. The molecule has 1 aromatic carbocycles. The van der Waals surface area contributed by atoms with Crippen molar-refractivity contribution in [3.8, 4) is 11.5 Å². The lowest BCUT2D eigenvalue weighted by atomic mass is 9.98. The number of methoxy groups -OCH3 is 1. The highest BCUT2D eigenvalue weighted by molar-refractivity contribution is 7.13. The zero-order valence-electron chi connectivity index (χ0n) is 16.5. The smallest absolute Gasteiger partial charge is 0.248 e. The van der Waals surface area contributed by atoms with Crippen LogP contribution in [-0.4, -0.2) is 48.0 Å². The Hall–Kier alpha value is -2.61. The lowest BCUT2D eigenvalue weighted by molar-refractivity contribution is -0.134. The molecule has 1 aliphatic rings. The molecule has 0 saturated carbocycles. The largest absolute Gasteiger partial charge is 0.493 e. The zero-order valence-corrected chi connectivity index (χ0v) is 17.3. The van der Waals surface area contributed by atoms with Gasteiger partial charge in [-0.15, -0.1) is 11.3 Å². The van der Waals surface area contributed by atoms with Crippen LogP contribution in [0, 0.1) is 6.92 Å². The molecule has 2 heterocycles. The molecule has 150 valence electrons. The number of nitrogens with one attached hydrogen (secondary N) is 1. The van der Waals surface area contributed by atoms with E-state index in [-0.39, 0.29) is 17.7 Å². The summed E-state index contributed by atoms with van der Waals surface area (Å²) in [5.41, 5.74) is 1.86. The number of benzene rings is 1. The van der Waals surface area contributed by atoms with Crippen LogP contribution in [-0.2, 0) is 9.59 Å². The molecule has 3 rings (SSSR count). The number of nitrogens with zero attached hydrogens (tertiary/aromatic N) is 2. The van der Waals surface area contributed by atoms with Crippen LogP contribution >= 0.6 is 11.3 Å². The van der Waals surface area contributed by atoms with E-state index in [1.807, 2.05) is 37.4 Å². The summed E-state index contributed by atoms with van der Waals surface area (Å²) in [5, 5.41) is 5.22. The predicted molar refractivity (Wildman–Crippen MR) is 108 cm³/mol. The Bertz CT molecular complexity index is 867. The average Bonchev–Trinajstić information content (AvgIpc) is 3.26. The molecule has 2 amide bonds. The zero-order chi connectivity index (χ0) is 20.3. The maximum atomic E-state index is 12.6. The van der Waals surface area contributed by atoms with E-state index in [0.717, 1.165) is 11.3 Å². The van der Waals surface area contributed by atoms with Gasteiger partial charge in [0.2, 0.25) is 11.8 Å². The van der Waals surface area contributed by atoms with Gasteiger partial charge in [-0.25, -0.2) is 4.98 Å². The maximum Gasteiger partial charge on any atom is 0.248 e. The third-order valence-electron chi connectivity index (χ3n) is 4.81. The highest BCUT2D eigenvalue weighted by Crippen LogP contribution is 2.35. The number of aromatic nitrogens is 1. The normalized spacial score (nSPS) is 17.5. The summed E-state index contributed by atoms with van der Waals surface area (Å²) < 4.78 is 11.0. The molecular formula is C20H25N3O4S. The number of hydrogen-bond acceptors (Lipinski definition) is 6. The van der Waals surface area contributed by atoms with E-state index in [1.165, 1.54) is 11.3 Å². The predicted octanol–water partition coefficient (Wildman–Crippen LogP) is 3.20. The van der Waals surface area contributed by atoms with Gasteiger partial charge < -0.3 is 19.7 Å². The number of carbonyl (C=O) groups excluding carboxylic acids is 2. The van der Waals surface area contributed by atoms with Crippen molar-refractivity contribution in [1.82, 2.24) is 9.88 Å². The molecule has 0 unspecified atom stereocenters. The first-order valence-electron chi connectivity index (χ1n) is 9.26. The van der Waals surface area contributed by atoms with E-state index in [1.54, 1.807) is 18.9 Å². The van der Waals surface area contributed by atoms with Crippen molar-refractivity contribution in [3.05, 3.63) is 34.8 Å². The second-order valence-corrected chi connectivity index (χ2v) is 7.61. The van der Waals surface area contributed by atoms with E-state index in [2.05, 4.69) is 10.3 Å². The maximum absolute atomic E-state index is 12.6. The van der Waals surface area contributed by atoms with Gasteiger partial charge in [-0.1, -0.05) is 6.07 Å². The Balaban J connectivity index is 1.70. The quantitative estimate of drug-likeness (QED) is 0.768. The van der Waals surface area contributed by atoms with E-state index in [0.29, 0.717) is 36.2 Å². The molecule has 1 saturated heterocycles. The number of amides is 2. The molecule has 1 aliphatic heterocycles. The van der Waals surface area contributed by atoms with Crippen molar-refractivity contribution in [1.29, 1.82) is 0 Å². The van der Waals surface area contributed by atoms with Crippen LogP contribution in [0.4, 0.5) is 5.13 Å². The number of thiazole rings is 1. The highest BCUT2D eigenvalue weighted by atomic mass is 32.1. The van der Waals surface area contributed by atoms with E-state index in [9.17, 15) is 9.59 Å². The first kappa shape index (κ1) is 20.1. The van der Waals surface area contributed by atoms with E-state index < -0.39 is 6.04 Å². The molecule has 1 aromatic heterocycles. The number of anilines is 1. The molecular weight excluding hydrogens is 378 g/mol. The lowest BCUT2D eigenvalue weighted by Gasteiger charge is -2.23. The third-order valence-corrected chi connectivity index (χ3v) is 5.69. The average molecular weight is 404 g/mol. The van der Waals surface area contributed by atoms with Crippen molar-refractivity contribution >= 4 is 28.3 Å². The summed E-state index contributed by atoms with van der Waals surface area (Å²) in [7, 11) is 1.60. The summed E-state index contributed by atoms with van der Waals surface area (Å²) in [6.45, 7) is 6.55. The highest BCUT2D eigenvalue weighted by Gasteiger charge is 2.36. The number of aryl methyl sites for hydroxylation is 1. The van der Waals surface area contributed by atoms with Crippen LogP contribution in [0.15, 0.2) is 23.6 Å². The van der Waals surface area contributed by atoms with Crippen molar-refractivity contribution < 1.29 is 19.1 Å². The third kappa shape index (κ3) is 4.27. The number of rotatable bonds is 7. The Morgan fingerprint density at radius 1 is 1.43 bits per heavy atom. The van der Waals surface area contributed by atoms with Gasteiger partial charge in [0.25, 0.3) is 0 Å². The van der Waals surface area contributed by atoms with Crippen LogP contribution in [0.1, 0.15) is 37.4 Å². The minimum Gasteiger partial charge on any atom is -0.493 e. The monoisotopic (exact) mass is 403 g/mol. The van der Waals surface area contributed by atoms with E-state index in [4.69, 9.17) is 9.47 Å². The van der Waals surface area contributed by atoms with Gasteiger partial charge in [-0.05, 0) is 38.5 Å². The summed E-state index contributed by atoms with van der Waals surface area (Å²) in [5.74, 6) is 1.08. The fourth-order valence-corrected chi connectivity index (χ4v) is 4.00. The summed E-state index contributed by atoms with van der Waals surface area (Å²) in [4.78, 5) is 31.0. The number of hydrogen-bond donors (Lipinski definition) is 1. The molecule has 7 nitrogen and oxygen atoms in total. The number of ether oxygens (including phenoxy) is 2. The Labute approximate surface area is 168 Å². The van der Waals surface area contributed by atoms with Crippen LogP contribution in [0.5, 0.6) is 11.5 Å². The second-order valence-electron chi connectivity index (χ2n) is 6.75. The van der Waals surface area contributed by atoms with Crippen LogP contribution < -0.4 is 14.8 Å². The van der Waals surface area contributed by atoms with Gasteiger partial charge in [0.1, 0.15) is 6.04 Å². The van der Waals surface area contributed by atoms with Crippen LogP contribution in [0.3, 0.4) is 0 Å². The van der Waals surface area contributed by atoms with Gasteiger partial charge in [-0.2, -0.15) is 0 Å². The van der Waals surface area contributed by atoms with Gasteiger partial charge in [0.15, 0.2) is 16.6 Å². The second kappa shape index (κ2) is 8.60. The molecule has 0 bridgehead atoms. The fraction of sp³-hybridized carbons (Fsp3) is 0.450. The SMILES string of the molecule is CCOc1cc([C@@H]2CC(=O)N([C@H](C)C(=O)Nc3nc(C)cs3)C2)ccc1OC. The molecule has 0 aliphatic carbocycles. The summed E-state index contributed by atoms with van der Waals surface area (Å²) >= 11 is 1.37. The molecule has 1 fully saturated rings. The molecule has 8 heteroatoms. The van der Waals surface area contributed by atoms with Crippen molar-refractivity contribution in [2.75, 3.05) is 25.6 Å². The first-order chi connectivity index (χ1) is 13.4. The molecule has 28 heavy (non-hydrogen) atoms. The minimum atomic E-state index is -0.564. The fourth-order valence-electron chi connectivity index (χ4n) is 3.31. The molecule has 2 atom stereocenters. The Morgan fingerprint density at radius 2 is 2.21 bits per heavy atom. The Morgan fingerprint density at radius 3 is 2.86 bits per heavy atom. The van der Waals surface area contributed by atoms with Crippen LogP contribution in [0.25, 0.3) is 0 Å². The summed E-state index contributed by atoms with van der Waals surface area (Å²) in [6.07, 6.45) is 0.367. The molecule has 0 radical (unpaired) electrons. The van der Waals surface area contributed by atoms with Gasteiger partial charge >= 0.3 is 0 Å². The van der Waals surface area contributed by atoms with Gasteiger partial charge in [-0.3, -0.25) is 9.59 Å². The number of carbonyl (C=O) groups is 2. The van der Waals surface area contributed by atoms with Gasteiger partial charge in [0, 0.05) is 24.3 Å². The summed E-state index contributed by atoms with van der Waals surface area (Å²) in [6, 6.07) is 5.17.